The van der Waals surface area contributed by atoms with Crippen molar-refractivity contribution in [3.8, 4) is 5.75 Å². The van der Waals surface area contributed by atoms with E-state index in [1.807, 2.05) is 0 Å². The first-order valence-electron chi connectivity index (χ1n) is 5.75. The van der Waals surface area contributed by atoms with Crippen molar-refractivity contribution >= 4 is 0 Å². The SMILES string of the molecule is C/C1=C/C=C\C(C)c2cccc(C)c2OC1. The highest BCUT2D eigenvalue weighted by atomic mass is 16.5. The molecule has 16 heavy (non-hydrogen) atoms. The minimum Gasteiger partial charge on any atom is -0.489 e. The van der Waals surface area contributed by atoms with E-state index in [1.165, 1.54) is 16.7 Å². The fourth-order valence-corrected chi connectivity index (χ4v) is 1.96. The molecule has 0 saturated heterocycles. The Labute approximate surface area is 97.4 Å². The molecule has 0 amide bonds. The molecule has 1 atom stereocenters. The van der Waals surface area contributed by atoms with Gasteiger partial charge in [0.25, 0.3) is 0 Å². The van der Waals surface area contributed by atoms with E-state index in [1.54, 1.807) is 0 Å². The predicted molar refractivity (Wildman–Crippen MR) is 68.0 cm³/mol. The lowest BCUT2D eigenvalue weighted by Gasteiger charge is -2.16. The van der Waals surface area contributed by atoms with E-state index in [0.29, 0.717) is 12.5 Å². The van der Waals surface area contributed by atoms with Gasteiger partial charge in [-0.05, 0) is 25.0 Å². The van der Waals surface area contributed by atoms with Crippen LogP contribution in [0.4, 0.5) is 0 Å². The highest BCUT2D eigenvalue weighted by Gasteiger charge is 2.12. The second kappa shape index (κ2) is 4.56. The van der Waals surface area contributed by atoms with E-state index in [-0.39, 0.29) is 0 Å². The lowest BCUT2D eigenvalue weighted by molar-refractivity contribution is 0.345. The van der Waals surface area contributed by atoms with Gasteiger partial charge in [-0.25, -0.2) is 0 Å². The summed E-state index contributed by atoms with van der Waals surface area (Å²) in [5.74, 6) is 1.45. The van der Waals surface area contributed by atoms with Gasteiger partial charge in [-0.15, -0.1) is 0 Å². The zero-order valence-corrected chi connectivity index (χ0v) is 10.2. The molecule has 0 bridgehead atoms. The Bertz CT molecular complexity index is 441. The summed E-state index contributed by atoms with van der Waals surface area (Å²) in [6, 6.07) is 6.35. The van der Waals surface area contributed by atoms with Crippen LogP contribution in [0.5, 0.6) is 5.75 Å². The van der Waals surface area contributed by atoms with Crippen molar-refractivity contribution in [3.63, 3.8) is 0 Å². The van der Waals surface area contributed by atoms with Gasteiger partial charge in [-0.3, -0.25) is 0 Å². The average molecular weight is 214 g/mol. The third-order valence-corrected chi connectivity index (χ3v) is 2.96. The van der Waals surface area contributed by atoms with Crippen molar-refractivity contribution in [2.24, 2.45) is 0 Å². The summed E-state index contributed by atoms with van der Waals surface area (Å²) in [5, 5.41) is 0. The Morgan fingerprint density at radius 3 is 2.88 bits per heavy atom. The van der Waals surface area contributed by atoms with Crippen LogP contribution in [0.2, 0.25) is 0 Å². The highest BCUT2D eigenvalue weighted by Crippen LogP contribution is 2.31. The molecule has 1 unspecified atom stereocenters. The van der Waals surface area contributed by atoms with E-state index in [4.69, 9.17) is 4.74 Å². The highest BCUT2D eigenvalue weighted by molar-refractivity contribution is 5.45. The first-order valence-corrected chi connectivity index (χ1v) is 5.75. The van der Waals surface area contributed by atoms with Crippen LogP contribution in [0, 0.1) is 6.92 Å². The smallest absolute Gasteiger partial charge is 0.126 e. The summed E-state index contributed by atoms with van der Waals surface area (Å²) in [6.45, 7) is 7.08. The third kappa shape index (κ3) is 2.19. The zero-order chi connectivity index (χ0) is 11.5. The second-order valence-electron chi connectivity index (χ2n) is 4.47. The fraction of sp³-hybridized carbons (Fsp3) is 0.333. The Hall–Kier alpha value is -1.50. The predicted octanol–water partition coefficient (Wildman–Crippen LogP) is 3.99. The molecular weight excluding hydrogens is 196 g/mol. The average Bonchev–Trinajstić information content (AvgIpc) is 2.32. The molecule has 2 rings (SSSR count). The maximum Gasteiger partial charge on any atom is 0.126 e. The number of benzene rings is 1. The van der Waals surface area contributed by atoms with Crippen molar-refractivity contribution in [1.29, 1.82) is 0 Å². The standard InChI is InChI=1S/C15H18O/c1-11-6-4-7-12(2)14-9-5-8-13(3)15(14)16-10-11/h4-9,12H,10H2,1-3H3/b7-4-,11-6-. The molecule has 0 N–H and O–H groups in total. The van der Waals surface area contributed by atoms with Gasteiger partial charge in [-0.1, -0.05) is 43.4 Å². The second-order valence-corrected chi connectivity index (χ2v) is 4.47. The molecule has 0 aromatic heterocycles. The monoisotopic (exact) mass is 214 g/mol. The Morgan fingerprint density at radius 1 is 1.25 bits per heavy atom. The van der Waals surface area contributed by atoms with Gasteiger partial charge in [0.15, 0.2) is 0 Å². The summed E-state index contributed by atoms with van der Waals surface area (Å²) in [6.07, 6.45) is 6.47. The number of hydrogen-bond acceptors (Lipinski definition) is 1. The van der Waals surface area contributed by atoms with E-state index < -0.39 is 0 Å². The Kier molecular flexibility index (Phi) is 3.14. The number of aryl methyl sites for hydroxylation is 1. The molecular formula is C15H18O. The van der Waals surface area contributed by atoms with E-state index in [0.717, 1.165) is 5.75 Å². The number of hydrogen-bond donors (Lipinski definition) is 0. The Balaban J connectivity index is 2.47. The van der Waals surface area contributed by atoms with Crippen LogP contribution in [-0.4, -0.2) is 6.61 Å². The minimum absolute atomic E-state index is 0.400. The quantitative estimate of drug-likeness (QED) is 0.634. The van der Waals surface area contributed by atoms with Gasteiger partial charge in [0.1, 0.15) is 12.4 Å². The lowest BCUT2D eigenvalue weighted by atomic mass is 9.97. The zero-order valence-electron chi connectivity index (χ0n) is 10.2. The summed E-state index contributed by atoms with van der Waals surface area (Å²) < 4.78 is 5.91. The van der Waals surface area contributed by atoms with Gasteiger partial charge in [-0.2, -0.15) is 0 Å². The number of rotatable bonds is 0. The lowest BCUT2D eigenvalue weighted by Crippen LogP contribution is -2.03. The molecule has 1 aliphatic heterocycles. The van der Waals surface area contributed by atoms with Crippen molar-refractivity contribution in [2.75, 3.05) is 6.61 Å². The maximum atomic E-state index is 5.91. The molecule has 1 aromatic rings. The first-order chi connectivity index (χ1) is 7.68. The van der Waals surface area contributed by atoms with Crippen molar-refractivity contribution in [2.45, 2.75) is 26.7 Å². The van der Waals surface area contributed by atoms with Gasteiger partial charge in [0.2, 0.25) is 0 Å². The van der Waals surface area contributed by atoms with Crippen LogP contribution < -0.4 is 4.74 Å². The Morgan fingerprint density at radius 2 is 2.06 bits per heavy atom. The van der Waals surface area contributed by atoms with Gasteiger partial charge in [0.05, 0.1) is 0 Å². The fourth-order valence-electron chi connectivity index (χ4n) is 1.96. The van der Waals surface area contributed by atoms with Gasteiger partial charge in [0, 0.05) is 11.5 Å². The molecule has 1 heterocycles. The number of para-hydroxylation sites is 1. The molecule has 1 aliphatic rings. The molecule has 84 valence electrons. The molecule has 0 saturated carbocycles. The largest absolute Gasteiger partial charge is 0.489 e. The number of allylic oxidation sites excluding steroid dienone is 3. The van der Waals surface area contributed by atoms with Gasteiger partial charge < -0.3 is 4.74 Å². The minimum atomic E-state index is 0.400. The van der Waals surface area contributed by atoms with E-state index in [9.17, 15) is 0 Å². The van der Waals surface area contributed by atoms with Crippen molar-refractivity contribution in [3.05, 3.63) is 53.1 Å². The number of fused-ring (bicyclic) bond motifs is 1. The van der Waals surface area contributed by atoms with Crippen LogP contribution >= 0.6 is 0 Å². The summed E-state index contributed by atoms with van der Waals surface area (Å²) in [7, 11) is 0. The van der Waals surface area contributed by atoms with E-state index >= 15 is 0 Å². The molecule has 0 fully saturated rings. The van der Waals surface area contributed by atoms with Crippen LogP contribution in [0.25, 0.3) is 0 Å². The van der Waals surface area contributed by atoms with Crippen LogP contribution in [0.3, 0.4) is 0 Å². The first kappa shape index (κ1) is 11.0. The van der Waals surface area contributed by atoms with Crippen LogP contribution in [-0.2, 0) is 0 Å². The van der Waals surface area contributed by atoms with Crippen LogP contribution in [0.1, 0.15) is 30.9 Å². The van der Waals surface area contributed by atoms with E-state index in [2.05, 4.69) is 57.2 Å². The third-order valence-electron chi connectivity index (χ3n) is 2.96. The molecule has 1 nitrogen and oxygen atoms in total. The number of ether oxygens (including phenoxy) is 1. The maximum absolute atomic E-state index is 5.91. The summed E-state index contributed by atoms with van der Waals surface area (Å²) in [5.41, 5.74) is 3.74. The van der Waals surface area contributed by atoms with Gasteiger partial charge >= 0.3 is 0 Å². The van der Waals surface area contributed by atoms with Crippen LogP contribution in [0.15, 0.2) is 42.0 Å². The molecule has 0 radical (unpaired) electrons. The normalized spacial score (nSPS) is 25.2. The van der Waals surface area contributed by atoms with Crippen molar-refractivity contribution < 1.29 is 4.74 Å². The molecule has 0 spiro atoms. The topological polar surface area (TPSA) is 9.23 Å². The molecule has 0 aliphatic carbocycles. The van der Waals surface area contributed by atoms with Crippen molar-refractivity contribution in [1.82, 2.24) is 0 Å². The summed E-state index contributed by atoms with van der Waals surface area (Å²) in [4.78, 5) is 0. The molecule has 1 heteroatoms. The summed E-state index contributed by atoms with van der Waals surface area (Å²) >= 11 is 0. The molecule has 1 aromatic carbocycles.